The van der Waals surface area contributed by atoms with Crippen molar-refractivity contribution in [2.24, 2.45) is 16.9 Å². The summed E-state index contributed by atoms with van der Waals surface area (Å²) < 4.78 is 9.80. The van der Waals surface area contributed by atoms with Crippen LogP contribution in [0.1, 0.15) is 11.1 Å². The highest BCUT2D eigenvalue weighted by Gasteiger charge is 2.39. The molecule has 0 bridgehead atoms. The number of rotatable bonds is 4. The SMILES string of the molecule is NC(=O)OCC1(COC(N)=O)Cc2ccccc2C1. The van der Waals surface area contributed by atoms with Gasteiger partial charge in [0.05, 0.1) is 0 Å². The van der Waals surface area contributed by atoms with Crippen LogP contribution in [0.2, 0.25) is 0 Å². The summed E-state index contributed by atoms with van der Waals surface area (Å²) in [6, 6.07) is 7.90. The number of benzene rings is 1. The van der Waals surface area contributed by atoms with Crippen molar-refractivity contribution < 1.29 is 19.1 Å². The zero-order valence-electron chi connectivity index (χ0n) is 10.4. The lowest BCUT2D eigenvalue weighted by molar-refractivity contribution is 0.0373. The summed E-state index contributed by atoms with van der Waals surface area (Å²) in [6.07, 6.45) is -0.364. The maximum absolute atomic E-state index is 10.8. The van der Waals surface area contributed by atoms with Crippen LogP contribution in [0, 0.1) is 5.41 Å². The molecule has 6 heteroatoms. The van der Waals surface area contributed by atoms with Crippen LogP contribution in [0.4, 0.5) is 9.59 Å². The molecule has 2 amide bonds. The first-order chi connectivity index (χ1) is 9.01. The number of fused-ring (bicyclic) bond motifs is 1. The van der Waals surface area contributed by atoms with Gasteiger partial charge in [0.2, 0.25) is 0 Å². The number of hydrogen-bond donors (Lipinski definition) is 2. The first kappa shape index (κ1) is 13.2. The molecule has 0 aromatic heterocycles. The van der Waals surface area contributed by atoms with E-state index in [4.69, 9.17) is 20.9 Å². The molecule has 102 valence electrons. The Morgan fingerprint density at radius 3 is 1.79 bits per heavy atom. The number of carbonyl (C=O) groups excluding carboxylic acids is 2. The molecule has 0 heterocycles. The Kier molecular flexibility index (Phi) is 3.59. The van der Waals surface area contributed by atoms with Gasteiger partial charge in [0.15, 0.2) is 0 Å². The molecular formula is C13H16N2O4. The Bertz CT molecular complexity index is 456. The van der Waals surface area contributed by atoms with Crippen molar-refractivity contribution in [2.45, 2.75) is 12.8 Å². The zero-order chi connectivity index (χ0) is 13.9. The maximum Gasteiger partial charge on any atom is 0.404 e. The molecular weight excluding hydrogens is 248 g/mol. The molecule has 0 aliphatic heterocycles. The minimum atomic E-state index is -0.839. The number of amides is 2. The first-order valence-electron chi connectivity index (χ1n) is 5.92. The Morgan fingerprint density at radius 2 is 1.42 bits per heavy atom. The van der Waals surface area contributed by atoms with Gasteiger partial charge < -0.3 is 20.9 Å². The van der Waals surface area contributed by atoms with E-state index in [-0.39, 0.29) is 13.2 Å². The molecule has 19 heavy (non-hydrogen) atoms. The Labute approximate surface area is 110 Å². The Morgan fingerprint density at radius 1 is 1.00 bits per heavy atom. The molecule has 0 spiro atoms. The van der Waals surface area contributed by atoms with Gasteiger partial charge in [0.1, 0.15) is 13.2 Å². The normalized spacial score (nSPS) is 15.6. The molecule has 1 aromatic rings. The summed E-state index contributed by atoms with van der Waals surface area (Å²) in [5.74, 6) is 0. The number of nitrogens with two attached hydrogens (primary N) is 2. The molecule has 1 aliphatic carbocycles. The molecule has 1 aromatic carbocycles. The average molecular weight is 264 g/mol. The fraction of sp³-hybridized carbons (Fsp3) is 0.385. The van der Waals surface area contributed by atoms with Gasteiger partial charge in [-0.1, -0.05) is 24.3 Å². The van der Waals surface area contributed by atoms with E-state index in [1.54, 1.807) is 0 Å². The van der Waals surface area contributed by atoms with Crippen LogP contribution in [0.3, 0.4) is 0 Å². The monoisotopic (exact) mass is 264 g/mol. The Hall–Kier alpha value is -2.24. The van der Waals surface area contributed by atoms with Gasteiger partial charge in [0, 0.05) is 5.41 Å². The fourth-order valence-corrected chi connectivity index (χ4v) is 2.47. The fourth-order valence-electron chi connectivity index (χ4n) is 2.47. The third-order valence-corrected chi connectivity index (χ3v) is 3.29. The van der Waals surface area contributed by atoms with Gasteiger partial charge in [-0.2, -0.15) is 0 Å². The summed E-state index contributed by atoms with van der Waals surface area (Å²) >= 11 is 0. The number of ether oxygens (including phenoxy) is 2. The minimum absolute atomic E-state index is 0.101. The van der Waals surface area contributed by atoms with Gasteiger partial charge >= 0.3 is 12.2 Å². The predicted octanol–water partition coefficient (Wildman–Crippen LogP) is 0.962. The van der Waals surface area contributed by atoms with Crippen LogP contribution in [0.5, 0.6) is 0 Å². The largest absolute Gasteiger partial charge is 0.449 e. The van der Waals surface area contributed by atoms with Gasteiger partial charge in [-0.25, -0.2) is 9.59 Å². The van der Waals surface area contributed by atoms with Crippen molar-refractivity contribution in [3.63, 3.8) is 0 Å². The quantitative estimate of drug-likeness (QED) is 0.845. The molecule has 4 N–H and O–H groups in total. The Balaban J connectivity index is 2.13. The highest BCUT2D eigenvalue weighted by Crippen LogP contribution is 2.37. The second-order valence-electron chi connectivity index (χ2n) is 4.84. The van der Waals surface area contributed by atoms with Crippen LogP contribution in [-0.2, 0) is 22.3 Å². The van der Waals surface area contributed by atoms with Crippen molar-refractivity contribution in [3.8, 4) is 0 Å². The van der Waals surface area contributed by atoms with Gasteiger partial charge in [-0.05, 0) is 24.0 Å². The molecule has 0 saturated carbocycles. The van der Waals surface area contributed by atoms with Gasteiger partial charge in [0.25, 0.3) is 0 Å². The van der Waals surface area contributed by atoms with Gasteiger partial charge in [-0.15, -0.1) is 0 Å². The van der Waals surface area contributed by atoms with Crippen molar-refractivity contribution in [1.29, 1.82) is 0 Å². The highest BCUT2D eigenvalue weighted by atomic mass is 16.6. The third-order valence-electron chi connectivity index (χ3n) is 3.29. The summed E-state index contributed by atoms with van der Waals surface area (Å²) in [4.78, 5) is 21.6. The topological polar surface area (TPSA) is 105 Å². The summed E-state index contributed by atoms with van der Waals surface area (Å²) in [7, 11) is 0. The molecule has 0 radical (unpaired) electrons. The molecule has 0 fully saturated rings. The van der Waals surface area contributed by atoms with Crippen molar-refractivity contribution in [1.82, 2.24) is 0 Å². The number of primary amides is 2. The lowest BCUT2D eigenvalue weighted by atomic mass is 9.86. The minimum Gasteiger partial charge on any atom is -0.449 e. The standard InChI is InChI=1S/C13H16N2O4/c14-11(16)18-7-13(8-19-12(15)17)5-9-3-1-2-4-10(9)6-13/h1-4H,5-8H2,(H2,14,16)(H2,15,17). The van der Waals surface area contributed by atoms with E-state index in [9.17, 15) is 9.59 Å². The maximum atomic E-state index is 10.8. The molecule has 2 rings (SSSR count). The zero-order valence-corrected chi connectivity index (χ0v) is 10.4. The van der Waals surface area contributed by atoms with E-state index in [2.05, 4.69) is 0 Å². The second kappa shape index (κ2) is 5.17. The molecule has 0 saturated heterocycles. The van der Waals surface area contributed by atoms with E-state index in [0.717, 1.165) is 11.1 Å². The molecule has 1 aliphatic rings. The van der Waals surface area contributed by atoms with E-state index >= 15 is 0 Å². The average Bonchev–Trinajstić information content (AvgIpc) is 2.73. The molecule has 0 atom stereocenters. The van der Waals surface area contributed by atoms with Crippen LogP contribution in [0.25, 0.3) is 0 Å². The smallest absolute Gasteiger partial charge is 0.404 e. The lowest BCUT2D eigenvalue weighted by Crippen LogP contribution is -2.37. The van der Waals surface area contributed by atoms with E-state index < -0.39 is 17.6 Å². The lowest BCUT2D eigenvalue weighted by Gasteiger charge is -2.27. The van der Waals surface area contributed by atoms with Crippen LogP contribution >= 0.6 is 0 Å². The molecule has 6 nitrogen and oxygen atoms in total. The van der Waals surface area contributed by atoms with E-state index in [1.165, 1.54) is 0 Å². The number of carbonyl (C=O) groups is 2. The molecule has 0 unspecified atom stereocenters. The predicted molar refractivity (Wildman–Crippen MR) is 67.4 cm³/mol. The van der Waals surface area contributed by atoms with Gasteiger partial charge in [-0.3, -0.25) is 0 Å². The van der Waals surface area contributed by atoms with Crippen LogP contribution in [0.15, 0.2) is 24.3 Å². The summed E-state index contributed by atoms with van der Waals surface area (Å²) in [5, 5.41) is 0. The second-order valence-corrected chi connectivity index (χ2v) is 4.84. The van der Waals surface area contributed by atoms with Crippen molar-refractivity contribution in [2.75, 3.05) is 13.2 Å². The van der Waals surface area contributed by atoms with Crippen molar-refractivity contribution >= 4 is 12.2 Å². The van der Waals surface area contributed by atoms with Crippen molar-refractivity contribution in [3.05, 3.63) is 35.4 Å². The first-order valence-corrected chi connectivity index (χ1v) is 5.92. The van der Waals surface area contributed by atoms with E-state index in [1.807, 2.05) is 24.3 Å². The summed E-state index contributed by atoms with van der Waals surface area (Å²) in [6.45, 7) is 0.203. The van der Waals surface area contributed by atoms with E-state index in [0.29, 0.717) is 12.8 Å². The number of hydrogen-bond acceptors (Lipinski definition) is 4. The summed E-state index contributed by atoms with van der Waals surface area (Å²) in [5.41, 5.74) is 11.8. The third kappa shape index (κ3) is 3.15. The van der Waals surface area contributed by atoms with Crippen LogP contribution in [-0.4, -0.2) is 25.4 Å². The highest BCUT2D eigenvalue weighted by molar-refractivity contribution is 5.65. The van der Waals surface area contributed by atoms with Crippen LogP contribution < -0.4 is 11.5 Å².